The summed E-state index contributed by atoms with van der Waals surface area (Å²) in [5.41, 5.74) is 0.775. The molecule has 0 unspecified atom stereocenters. The van der Waals surface area contributed by atoms with Gasteiger partial charge in [-0.15, -0.1) is 22.7 Å². The minimum atomic E-state index is -3.37. The summed E-state index contributed by atoms with van der Waals surface area (Å²) in [6.45, 7) is 5.58. The van der Waals surface area contributed by atoms with Gasteiger partial charge in [-0.05, 0) is 30.2 Å². The second-order valence-corrected chi connectivity index (χ2v) is 11.4. The Morgan fingerprint density at radius 3 is 2.61 bits per heavy atom. The maximum Gasteiger partial charge on any atom is 0.222 e. The highest BCUT2D eigenvalue weighted by Gasteiger charge is 2.32. The lowest BCUT2D eigenvalue weighted by atomic mass is 10.0. The highest BCUT2D eigenvalue weighted by molar-refractivity contribution is 7.88. The number of likely N-dealkylation sites (tertiary alicyclic amines) is 1. The van der Waals surface area contributed by atoms with E-state index in [1.807, 2.05) is 41.6 Å². The summed E-state index contributed by atoms with van der Waals surface area (Å²) in [5, 5.41) is 4.87. The van der Waals surface area contributed by atoms with E-state index in [-0.39, 0.29) is 18.5 Å². The van der Waals surface area contributed by atoms with E-state index in [1.54, 1.807) is 27.0 Å². The Kier molecular flexibility index (Phi) is 6.90. The predicted molar refractivity (Wildman–Crippen MR) is 115 cm³/mol. The average molecular weight is 442 g/mol. The van der Waals surface area contributed by atoms with Crippen molar-refractivity contribution in [1.82, 2.24) is 14.2 Å². The molecule has 1 fully saturated rings. The second kappa shape index (κ2) is 9.02. The first kappa shape index (κ1) is 21.4. The third kappa shape index (κ3) is 5.40. The maximum atomic E-state index is 12.5. The largest absolute Gasteiger partial charge is 0.343 e. The number of rotatable bonds is 7. The third-order valence-electron chi connectivity index (χ3n) is 4.83. The molecule has 9 heteroatoms. The van der Waals surface area contributed by atoms with Crippen molar-refractivity contribution < 1.29 is 13.2 Å². The molecule has 2 aromatic heterocycles. The molecule has 154 valence electrons. The van der Waals surface area contributed by atoms with Crippen LogP contribution in [0.3, 0.4) is 0 Å². The standard InChI is InChI=1S/C19H27N3O3S3/c1-14(2)11-18(23)21-8-6-16(7-9-21)22(28(3,24)25)12-15-13-27-19(20-15)17-5-4-10-26-17/h4-5,10,13-14,16H,6-9,11-12H2,1-3H3. The predicted octanol–water partition coefficient (Wildman–Crippen LogP) is 3.67. The number of aromatic nitrogens is 1. The number of hydrogen-bond donors (Lipinski definition) is 0. The van der Waals surface area contributed by atoms with Gasteiger partial charge in [-0.3, -0.25) is 4.79 Å². The van der Waals surface area contributed by atoms with Crippen molar-refractivity contribution in [3.63, 3.8) is 0 Å². The van der Waals surface area contributed by atoms with E-state index in [0.29, 0.717) is 38.3 Å². The van der Waals surface area contributed by atoms with Gasteiger partial charge in [0, 0.05) is 30.9 Å². The Labute approximate surface area is 175 Å². The highest BCUT2D eigenvalue weighted by Crippen LogP contribution is 2.29. The number of carbonyl (C=O) groups is 1. The smallest absolute Gasteiger partial charge is 0.222 e. The Hall–Kier alpha value is -1.29. The van der Waals surface area contributed by atoms with Crippen LogP contribution in [0.1, 0.15) is 38.8 Å². The fourth-order valence-electron chi connectivity index (χ4n) is 3.45. The second-order valence-electron chi connectivity index (χ2n) is 7.64. The number of sulfonamides is 1. The number of carbonyl (C=O) groups excluding carboxylic acids is 1. The Morgan fingerprint density at radius 1 is 1.32 bits per heavy atom. The molecule has 0 bridgehead atoms. The summed E-state index contributed by atoms with van der Waals surface area (Å²) < 4.78 is 26.5. The number of thiophene rings is 1. The minimum absolute atomic E-state index is 0.0926. The fraction of sp³-hybridized carbons (Fsp3) is 0.579. The van der Waals surface area contributed by atoms with Crippen LogP contribution in [-0.2, 0) is 21.4 Å². The van der Waals surface area contributed by atoms with Crippen molar-refractivity contribution in [3.05, 3.63) is 28.6 Å². The summed E-state index contributed by atoms with van der Waals surface area (Å²) >= 11 is 3.17. The number of amides is 1. The first-order valence-corrected chi connectivity index (χ1v) is 13.1. The van der Waals surface area contributed by atoms with E-state index in [9.17, 15) is 13.2 Å². The lowest BCUT2D eigenvalue weighted by Gasteiger charge is -2.37. The van der Waals surface area contributed by atoms with Gasteiger partial charge < -0.3 is 4.90 Å². The van der Waals surface area contributed by atoms with Crippen LogP contribution >= 0.6 is 22.7 Å². The quantitative estimate of drug-likeness (QED) is 0.657. The van der Waals surface area contributed by atoms with Gasteiger partial charge >= 0.3 is 0 Å². The van der Waals surface area contributed by atoms with Crippen molar-refractivity contribution in [2.24, 2.45) is 5.92 Å². The number of nitrogens with zero attached hydrogens (tertiary/aromatic N) is 3. The summed E-state index contributed by atoms with van der Waals surface area (Å²) in [5.74, 6) is 0.499. The molecular formula is C19H27N3O3S3. The molecule has 3 rings (SSSR count). The monoisotopic (exact) mass is 441 g/mol. The summed E-state index contributed by atoms with van der Waals surface area (Å²) in [7, 11) is -3.37. The van der Waals surface area contributed by atoms with Crippen molar-refractivity contribution in [2.75, 3.05) is 19.3 Å². The van der Waals surface area contributed by atoms with Gasteiger partial charge in [0.05, 0.1) is 23.4 Å². The SMILES string of the molecule is CC(C)CC(=O)N1CCC(N(Cc2csc(-c3cccs3)n2)S(C)(=O)=O)CC1. The summed E-state index contributed by atoms with van der Waals surface area (Å²) in [6.07, 6.45) is 3.14. The molecule has 0 aliphatic carbocycles. The first-order chi connectivity index (χ1) is 13.2. The fourth-order valence-corrected chi connectivity index (χ4v) is 6.20. The third-order valence-corrected chi connectivity index (χ3v) is 8.04. The zero-order valence-corrected chi connectivity index (χ0v) is 18.9. The zero-order chi connectivity index (χ0) is 20.3. The van der Waals surface area contributed by atoms with Gasteiger partial charge in [0.2, 0.25) is 15.9 Å². The topological polar surface area (TPSA) is 70.6 Å². The van der Waals surface area contributed by atoms with Crippen LogP contribution in [0.5, 0.6) is 0 Å². The molecule has 6 nitrogen and oxygen atoms in total. The Balaban J connectivity index is 1.66. The van der Waals surface area contributed by atoms with Crippen LogP contribution in [-0.4, -0.2) is 53.9 Å². The van der Waals surface area contributed by atoms with E-state index in [1.165, 1.54) is 6.26 Å². The molecule has 1 aliphatic rings. The van der Waals surface area contributed by atoms with Crippen molar-refractivity contribution in [1.29, 1.82) is 0 Å². The van der Waals surface area contributed by atoms with Gasteiger partial charge in [0.1, 0.15) is 5.01 Å². The zero-order valence-electron chi connectivity index (χ0n) is 16.5. The van der Waals surface area contributed by atoms with E-state index < -0.39 is 10.0 Å². The van der Waals surface area contributed by atoms with Crippen molar-refractivity contribution in [3.8, 4) is 9.88 Å². The Morgan fingerprint density at radius 2 is 2.04 bits per heavy atom. The molecule has 2 aromatic rings. The average Bonchev–Trinajstić information content (AvgIpc) is 3.30. The molecule has 3 heterocycles. The molecule has 28 heavy (non-hydrogen) atoms. The molecule has 1 saturated heterocycles. The molecule has 0 atom stereocenters. The normalized spacial score (nSPS) is 16.2. The van der Waals surface area contributed by atoms with Crippen molar-refractivity contribution >= 4 is 38.6 Å². The lowest BCUT2D eigenvalue weighted by molar-refractivity contribution is -0.133. The van der Waals surface area contributed by atoms with Gasteiger partial charge in [0.15, 0.2) is 0 Å². The molecule has 1 aliphatic heterocycles. The van der Waals surface area contributed by atoms with Crippen LogP contribution in [0.25, 0.3) is 9.88 Å². The van der Waals surface area contributed by atoms with Gasteiger partial charge in [-0.25, -0.2) is 13.4 Å². The number of piperidine rings is 1. The molecular weight excluding hydrogens is 414 g/mol. The summed E-state index contributed by atoms with van der Waals surface area (Å²) in [6, 6.07) is 3.91. The van der Waals surface area contributed by atoms with E-state index in [4.69, 9.17) is 0 Å². The molecule has 0 saturated carbocycles. The first-order valence-electron chi connectivity index (χ1n) is 9.47. The molecule has 0 N–H and O–H groups in total. The molecule has 1 amide bonds. The van der Waals surface area contributed by atoms with Crippen LogP contribution in [0.4, 0.5) is 0 Å². The van der Waals surface area contributed by atoms with Crippen molar-refractivity contribution in [2.45, 2.75) is 45.7 Å². The van der Waals surface area contributed by atoms with Gasteiger partial charge in [-0.1, -0.05) is 19.9 Å². The minimum Gasteiger partial charge on any atom is -0.343 e. The van der Waals surface area contributed by atoms with E-state index in [0.717, 1.165) is 15.6 Å². The van der Waals surface area contributed by atoms with Crippen LogP contribution in [0.2, 0.25) is 0 Å². The van der Waals surface area contributed by atoms with Gasteiger partial charge in [-0.2, -0.15) is 4.31 Å². The lowest BCUT2D eigenvalue weighted by Crippen LogP contribution is -2.48. The van der Waals surface area contributed by atoms with Crippen LogP contribution in [0.15, 0.2) is 22.9 Å². The highest BCUT2D eigenvalue weighted by atomic mass is 32.2. The molecule has 0 spiro atoms. The Bertz CT molecular complexity index is 883. The molecule has 0 radical (unpaired) electrons. The van der Waals surface area contributed by atoms with Crippen LogP contribution in [0, 0.1) is 5.92 Å². The maximum absolute atomic E-state index is 12.5. The van der Waals surface area contributed by atoms with E-state index in [2.05, 4.69) is 4.98 Å². The van der Waals surface area contributed by atoms with Gasteiger partial charge in [0.25, 0.3) is 0 Å². The number of hydrogen-bond acceptors (Lipinski definition) is 6. The van der Waals surface area contributed by atoms with E-state index >= 15 is 0 Å². The number of thiazole rings is 1. The van der Waals surface area contributed by atoms with Crippen LogP contribution < -0.4 is 0 Å². The summed E-state index contributed by atoms with van der Waals surface area (Å²) in [4.78, 5) is 19.9. The molecule has 0 aromatic carbocycles.